The molecule has 0 spiro atoms. The average Bonchev–Trinajstić information content (AvgIpc) is 3.00. The van der Waals surface area contributed by atoms with E-state index in [4.69, 9.17) is 4.74 Å². The third kappa shape index (κ3) is 2.66. The van der Waals surface area contributed by atoms with Crippen LogP contribution in [0.15, 0.2) is 48.5 Å². The van der Waals surface area contributed by atoms with Gasteiger partial charge in [-0.15, -0.1) is 5.10 Å². The molecule has 2 aromatic carbocycles. The number of carboxylic acid groups (broad SMARTS) is 1. The Bertz CT molecular complexity index is 854. The zero-order valence-corrected chi connectivity index (χ0v) is 12.7. The fraction of sp³-hybridized carbons (Fsp3) is 0.118. The van der Waals surface area contributed by atoms with Crippen LogP contribution in [0.25, 0.3) is 16.9 Å². The highest BCUT2D eigenvalue weighted by molar-refractivity contribution is 5.93. The van der Waals surface area contributed by atoms with Crippen molar-refractivity contribution in [2.45, 2.75) is 6.92 Å². The molecular formula is C17H15N3O3. The summed E-state index contributed by atoms with van der Waals surface area (Å²) in [5, 5.41) is 17.3. The summed E-state index contributed by atoms with van der Waals surface area (Å²) < 4.78 is 6.68. The Morgan fingerprint density at radius 2 is 1.83 bits per heavy atom. The smallest absolute Gasteiger partial charge is 0.358 e. The molecule has 0 aliphatic heterocycles. The minimum Gasteiger partial charge on any atom is -0.497 e. The van der Waals surface area contributed by atoms with Gasteiger partial charge in [0.25, 0.3) is 0 Å². The van der Waals surface area contributed by atoms with E-state index in [1.54, 1.807) is 31.4 Å². The predicted octanol–water partition coefficient (Wildman–Crippen LogP) is 2.95. The van der Waals surface area contributed by atoms with Crippen molar-refractivity contribution < 1.29 is 14.6 Å². The van der Waals surface area contributed by atoms with Crippen LogP contribution in [-0.4, -0.2) is 33.2 Å². The molecule has 3 aromatic rings. The van der Waals surface area contributed by atoms with Gasteiger partial charge in [0.15, 0.2) is 5.69 Å². The Morgan fingerprint density at radius 3 is 2.43 bits per heavy atom. The van der Waals surface area contributed by atoms with Gasteiger partial charge in [0.1, 0.15) is 11.4 Å². The van der Waals surface area contributed by atoms with Crippen molar-refractivity contribution in [2.24, 2.45) is 0 Å². The monoisotopic (exact) mass is 309 g/mol. The molecule has 6 heteroatoms. The van der Waals surface area contributed by atoms with Crippen LogP contribution in [0.5, 0.6) is 5.75 Å². The van der Waals surface area contributed by atoms with Gasteiger partial charge in [-0.2, -0.15) is 0 Å². The largest absolute Gasteiger partial charge is 0.497 e. The highest BCUT2D eigenvalue weighted by Crippen LogP contribution is 2.28. The standard InChI is InChI=1S/C17H15N3O3/c1-11-5-3-4-6-14(11)16-15(17(21)22)18-19-20(16)12-7-9-13(23-2)10-8-12/h3-10H,1-2H3,(H,21,22). The maximum atomic E-state index is 11.5. The number of ether oxygens (including phenoxy) is 1. The van der Waals surface area contributed by atoms with Crippen LogP contribution in [0.1, 0.15) is 16.1 Å². The van der Waals surface area contributed by atoms with E-state index < -0.39 is 5.97 Å². The molecule has 116 valence electrons. The SMILES string of the molecule is COc1ccc(-n2nnc(C(=O)O)c2-c2ccccc2C)cc1. The molecule has 0 saturated carbocycles. The lowest BCUT2D eigenvalue weighted by Crippen LogP contribution is -2.04. The van der Waals surface area contributed by atoms with Crippen LogP contribution in [0.3, 0.4) is 0 Å². The van der Waals surface area contributed by atoms with E-state index in [-0.39, 0.29) is 5.69 Å². The van der Waals surface area contributed by atoms with Gasteiger partial charge in [-0.3, -0.25) is 0 Å². The van der Waals surface area contributed by atoms with E-state index in [0.29, 0.717) is 17.1 Å². The zero-order chi connectivity index (χ0) is 16.4. The van der Waals surface area contributed by atoms with Crippen molar-refractivity contribution in [1.29, 1.82) is 0 Å². The summed E-state index contributed by atoms with van der Waals surface area (Å²) in [6.45, 7) is 1.92. The van der Waals surface area contributed by atoms with Crippen molar-refractivity contribution in [3.05, 3.63) is 59.8 Å². The summed E-state index contributed by atoms with van der Waals surface area (Å²) >= 11 is 0. The minimum absolute atomic E-state index is 0.0740. The summed E-state index contributed by atoms with van der Waals surface area (Å²) in [6.07, 6.45) is 0. The quantitative estimate of drug-likeness (QED) is 0.801. The fourth-order valence-corrected chi connectivity index (χ4v) is 2.41. The normalized spacial score (nSPS) is 10.5. The molecule has 0 amide bonds. The number of nitrogens with zero attached hydrogens (tertiary/aromatic N) is 3. The Hall–Kier alpha value is -3.15. The summed E-state index contributed by atoms with van der Waals surface area (Å²) in [4.78, 5) is 11.5. The van der Waals surface area contributed by atoms with Gasteiger partial charge in [0, 0.05) is 5.56 Å². The molecule has 0 aliphatic carbocycles. The molecule has 1 heterocycles. The Labute approximate surface area is 133 Å². The van der Waals surface area contributed by atoms with E-state index >= 15 is 0 Å². The molecule has 0 unspecified atom stereocenters. The third-order valence-electron chi connectivity index (χ3n) is 3.59. The second kappa shape index (κ2) is 5.92. The molecule has 1 aromatic heterocycles. The van der Waals surface area contributed by atoms with Gasteiger partial charge in [-0.25, -0.2) is 9.48 Å². The van der Waals surface area contributed by atoms with Gasteiger partial charge in [-0.1, -0.05) is 29.5 Å². The van der Waals surface area contributed by atoms with E-state index in [1.807, 2.05) is 31.2 Å². The van der Waals surface area contributed by atoms with Crippen LogP contribution >= 0.6 is 0 Å². The molecule has 0 saturated heterocycles. The van der Waals surface area contributed by atoms with Crippen LogP contribution in [0.2, 0.25) is 0 Å². The third-order valence-corrected chi connectivity index (χ3v) is 3.59. The Kier molecular flexibility index (Phi) is 3.80. The molecule has 0 fully saturated rings. The average molecular weight is 309 g/mol. The number of hydrogen-bond donors (Lipinski definition) is 1. The number of rotatable bonds is 4. The highest BCUT2D eigenvalue weighted by atomic mass is 16.5. The number of benzene rings is 2. The van der Waals surface area contributed by atoms with E-state index in [1.165, 1.54) is 4.68 Å². The number of methoxy groups -OCH3 is 1. The first-order valence-corrected chi connectivity index (χ1v) is 7.01. The van der Waals surface area contributed by atoms with Crippen LogP contribution < -0.4 is 4.74 Å². The Balaban J connectivity index is 2.22. The molecule has 1 N–H and O–H groups in total. The van der Waals surface area contributed by atoms with Crippen LogP contribution in [0.4, 0.5) is 0 Å². The predicted molar refractivity (Wildman–Crippen MR) is 85.0 cm³/mol. The van der Waals surface area contributed by atoms with Crippen molar-refractivity contribution in [3.63, 3.8) is 0 Å². The van der Waals surface area contributed by atoms with Crippen LogP contribution in [-0.2, 0) is 0 Å². The second-order valence-corrected chi connectivity index (χ2v) is 5.02. The van der Waals surface area contributed by atoms with E-state index in [0.717, 1.165) is 11.1 Å². The first-order chi connectivity index (χ1) is 11.1. The fourth-order valence-electron chi connectivity index (χ4n) is 2.41. The summed E-state index contributed by atoms with van der Waals surface area (Å²) in [6, 6.07) is 14.7. The molecule has 0 bridgehead atoms. The van der Waals surface area contributed by atoms with Gasteiger partial charge < -0.3 is 9.84 Å². The zero-order valence-electron chi connectivity index (χ0n) is 12.7. The van der Waals surface area contributed by atoms with E-state index in [9.17, 15) is 9.90 Å². The van der Waals surface area contributed by atoms with Gasteiger partial charge in [-0.05, 0) is 36.8 Å². The van der Waals surface area contributed by atoms with Crippen LogP contribution in [0, 0.1) is 6.92 Å². The molecule has 23 heavy (non-hydrogen) atoms. The van der Waals surface area contributed by atoms with Crippen molar-refractivity contribution in [2.75, 3.05) is 7.11 Å². The second-order valence-electron chi connectivity index (χ2n) is 5.02. The van der Waals surface area contributed by atoms with Gasteiger partial charge in [0.2, 0.25) is 0 Å². The maximum absolute atomic E-state index is 11.5. The maximum Gasteiger partial charge on any atom is 0.358 e. The lowest BCUT2D eigenvalue weighted by molar-refractivity contribution is 0.0691. The molecule has 0 atom stereocenters. The number of aromatic carboxylic acids is 1. The minimum atomic E-state index is -1.11. The summed E-state index contributed by atoms with van der Waals surface area (Å²) in [7, 11) is 1.59. The number of aromatic nitrogens is 3. The first kappa shape index (κ1) is 14.8. The van der Waals surface area contributed by atoms with Crippen molar-refractivity contribution in [1.82, 2.24) is 15.0 Å². The van der Waals surface area contributed by atoms with E-state index in [2.05, 4.69) is 10.3 Å². The van der Waals surface area contributed by atoms with Gasteiger partial charge in [0.05, 0.1) is 12.8 Å². The molecule has 6 nitrogen and oxygen atoms in total. The summed E-state index contributed by atoms with van der Waals surface area (Å²) in [5.74, 6) is -0.396. The van der Waals surface area contributed by atoms with Crippen molar-refractivity contribution in [3.8, 4) is 22.7 Å². The molecule has 0 radical (unpaired) electrons. The molecular weight excluding hydrogens is 294 g/mol. The lowest BCUT2D eigenvalue weighted by Gasteiger charge is -2.10. The number of aryl methyl sites for hydroxylation is 1. The lowest BCUT2D eigenvalue weighted by atomic mass is 10.0. The molecule has 3 rings (SSSR count). The summed E-state index contributed by atoms with van der Waals surface area (Å²) in [5.41, 5.74) is 2.83. The molecule has 0 aliphatic rings. The number of hydrogen-bond acceptors (Lipinski definition) is 4. The number of carbonyl (C=O) groups is 1. The van der Waals surface area contributed by atoms with Gasteiger partial charge >= 0.3 is 5.97 Å². The van der Waals surface area contributed by atoms with Crippen molar-refractivity contribution >= 4 is 5.97 Å². The topological polar surface area (TPSA) is 77.2 Å². The Morgan fingerprint density at radius 1 is 1.13 bits per heavy atom. The highest BCUT2D eigenvalue weighted by Gasteiger charge is 2.22. The first-order valence-electron chi connectivity index (χ1n) is 7.01. The number of carboxylic acids is 1.